The summed E-state index contributed by atoms with van der Waals surface area (Å²) in [6.45, 7) is 1.12. The molecule has 0 spiro atoms. The zero-order valence-corrected chi connectivity index (χ0v) is 14.9. The van der Waals surface area contributed by atoms with Gasteiger partial charge in [-0.2, -0.15) is 0 Å². The van der Waals surface area contributed by atoms with Crippen LogP contribution in [0.25, 0.3) is 5.69 Å². The second-order valence-corrected chi connectivity index (χ2v) is 6.30. The number of aromatic nitrogens is 3. The molecule has 0 atom stereocenters. The highest BCUT2D eigenvalue weighted by atomic mass is 79.9. The van der Waals surface area contributed by atoms with E-state index in [-0.39, 0.29) is 18.3 Å². The average molecular weight is 401 g/mol. The average Bonchev–Trinajstić information content (AvgIpc) is 3.27. The molecule has 1 saturated carbocycles. The number of nitrogens with two attached hydrogens (primary N) is 1. The van der Waals surface area contributed by atoms with Crippen molar-refractivity contribution >= 4 is 34.2 Å². The van der Waals surface area contributed by atoms with Gasteiger partial charge in [0.2, 0.25) is 0 Å². The summed E-state index contributed by atoms with van der Waals surface area (Å²) < 4.78 is 2.78. The van der Waals surface area contributed by atoms with Gasteiger partial charge in [-0.05, 0) is 50.1 Å². The van der Waals surface area contributed by atoms with Gasteiger partial charge in [0, 0.05) is 16.9 Å². The molecule has 0 unspecified atom stereocenters. The molecule has 23 heavy (non-hydrogen) atoms. The van der Waals surface area contributed by atoms with Crippen molar-refractivity contribution in [3.8, 4) is 5.69 Å². The summed E-state index contributed by atoms with van der Waals surface area (Å²) in [5.74, 6) is 0.201. The number of carbonyl (C=O) groups excluding carboxylic acids is 1. The maximum Gasteiger partial charge on any atom is 0.273 e. The lowest BCUT2D eigenvalue weighted by atomic mass is 10.2. The molecule has 1 amide bonds. The van der Waals surface area contributed by atoms with Crippen molar-refractivity contribution < 1.29 is 4.79 Å². The van der Waals surface area contributed by atoms with Crippen molar-refractivity contribution in [1.82, 2.24) is 20.3 Å². The molecular weight excluding hydrogens is 382 g/mol. The number of rotatable bonds is 6. The quantitative estimate of drug-likeness (QED) is 0.729. The second kappa shape index (κ2) is 7.90. The predicted molar refractivity (Wildman–Crippen MR) is 94.3 cm³/mol. The lowest BCUT2D eigenvalue weighted by Gasteiger charge is -2.07. The number of hydrogen-bond acceptors (Lipinski definition) is 4. The van der Waals surface area contributed by atoms with Crippen LogP contribution in [0.1, 0.15) is 41.4 Å². The molecule has 3 N–H and O–H groups in total. The molecular formula is C15H19BrClN5O. The topological polar surface area (TPSA) is 85.8 Å². The van der Waals surface area contributed by atoms with E-state index < -0.39 is 0 Å². The number of nitrogens with one attached hydrogen (secondary N) is 1. The van der Waals surface area contributed by atoms with Gasteiger partial charge in [0.15, 0.2) is 5.69 Å². The summed E-state index contributed by atoms with van der Waals surface area (Å²) in [5.41, 5.74) is 7.70. The first-order valence-electron chi connectivity index (χ1n) is 7.40. The molecule has 1 aliphatic carbocycles. The van der Waals surface area contributed by atoms with Crippen molar-refractivity contribution in [3.05, 3.63) is 40.1 Å². The van der Waals surface area contributed by atoms with Gasteiger partial charge in [0.1, 0.15) is 0 Å². The van der Waals surface area contributed by atoms with E-state index in [4.69, 9.17) is 5.73 Å². The van der Waals surface area contributed by atoms with Crippen molar-refractivity contribution in [1.29, 1.82) is 0 Å². The lowest BCUT2D eigenvalue weighted by Crippen LogP contribution is -2.27. The molecule has 0 radical (unpaired) electrons. The van der Waals surface area contributed by atoms with Crippen LogP contribution in [0, 0.1) is 0 Å². The molecule has 6 nitrogen and oxygen atoms in total. The van der Waals surface area contributed by atoms with E-state index in [1.807, 2.05) is 24.3 Å². The number of benzene rings is 1. The second-order valence-electron chi connectivity index (χ2n) is 5.38. The largest absolute Gasteiger partial charge is 0.351 e. The van der Waals surface area contributed by atoms with E-state index in [0.29, 0.717) is 24.7 Å². The highest BCUT2D eigenvalue weighted by Gasteiger charge is 2.34. The summed E-state index contributed by atoms with van der Waals surface area (Å²) >= 11 is 3.42. The summed E-state index contributed by atoms with van der Waals surface area (Å²) in [7, 11) is 0. The van der Waals surface area contributed by atoms with E-state index in [1.165, 1.54) is 0 Å². The minimum Gasteiger partial charge on any atom is -0.351 e. The van der Waals surface area contributed by atoms with Gasteiger partial charge in [-0.15, -0.1) is 17.5 Å². The molecule has 2 aromatic rings. The van der Waals surface area contributed by atoms with E-state index in [1.54, 1.807) is 4.68 Å². The normalized spacial score (nSPS) is 13.5. The number of amides is 1. The first kappa shape index (κ1) is 17.9. The van der Waals surface area contributed by atoms with Crippen LogP contribution in [0.4, 0.5) is 0 Å². The summed E-state index contributed by atoms with van der Waals surface area (Å²) in [4.78, 5) is 12.3. The Bertz CT molecular complexity index is 669. The third-order valence-electron chi connectivity index (χ3n) is 3.62. The molecule has 124 valence electrons. The highest BCUT2D eigenvalue weighted by Crippen LogP contribution is 2.42. The molecule has 1 fully saturated rings. The highest BCUT2D eigenvalue weighted by molar-refractivity contribution is 9.10. The van der Waals surface area contributed by atoms with Crippen LogP contribution in [0.3, 0.4) is 0 Å². The van der Waals surface area contributed by atoms with Crippen LogP contribution >= 0.6 is 28.3 Å². The van der Waals surface area contributed by atoms with E-state index in [0.717, 1.165) is 35.1 Å². The van der Waals surface area contributed by atoms with Gasteiger partial charge in [0.05, 0.1) is 11.4 Å². The van der Waals surface area contributed by atoms with E-state index >= 15 is 0 Å². The van der Waals surface area contributed by atoms with Crippen molar-refractivity contribution in [3.63, 3.8) is 0 Å². The maximum atomic E-state index is 12.3. The van der Waals surface area contributed by atoms with Gasteiger partial charge in [-0.3, -0.25) is 4.79 Å². The zero-order valence-electron chi connectivity index (χ0n) is 12.5. The van der Waals surface area contributed by atoms with Crippen molar-refractivity contribution in [2.75, 3.05) is 13.1 Å². The minimum atomic E-state index is -0.168. The lowest BCUT2D eigenvalue weighted by molar-refractivity contribution is 0.0947. The van der Waals surface area contributed by atoms with Crippen molar-refractivity contribution in [2.45, 2.75) is 25.2 Å². The molecule has 8 heteroatoms. The summed E-state index contributed by atoms with van der Waals surface area (Å²) in [5, 5.41) is 11.2. The number of nitrogens with zero attached hydrogens (tertiary/aromatic N) is 3. The van der Waals surface area contributed by atoms with E-state index in [9.17, 15) is 4.79 Å². The molecule has 1 heterocycles. The van der Waals surface area contributed by atoms with Gasteiger partial charge >= 0.3 is 0 Å². The van der Waals surface area contributed by atoms with Crippen LogP contribution in [0.2, 0.25) is 0 Å². The number of hydrogen-bond donors (Lipinski definition) is 2. The third-order valence-corrected chi connectivity index (χ3v) is 4.15. The standard InChI is InChI=1S/C15H18BrN5O.ClH/c16-11-4-6-12(7-5-11)21-14(10-2-3-10)13(19-20-21)15(22)18-9-1-8-17;/h4-7,10H,1-3,8-9,17H2,(H,18,22);1H. The first-order valence-corrected chi connectivity index (χ1v) is 8.20. The molecule has 1 aromatic carbocycles. The molecule has 3 rings (SSSR count). The fourth-order valence-corrected chi connectivity index (χ4v) is 2.60. The van der Waals surface area contributed by atoms with Crippen LogP contribution < -0.4 is 11.1 Å². The third kappa shape index (κ3) is 4.10. The molecule has 1 aromatic heterocycles. The smallest absolute Gasteiger partial charge is 0.273 e. The Kier molecular flexibility index (Phi) is 6.15. The van der Waals surface area contributed by atoms with Gasteiger partial charge in [-0.25, -0.2) is 4.68 Å². The first-order chi connectivity index (χ1) is 10.7. The van der Waals surface area contributed by atoms with E-state index in [2.05, 4.69) is 31.6 Å². The Morgan fingerprint density at radius 2 is 2.04 bits per heavy atom. The monoisotopic (exact) mass is 399 g/mol. The molecule has 1 aliphatic rings. The molecule has 0 aliphatic heterocycles. The predicted octanol–water partition coefficient (Wildman–Crippen LogP) is 2.41. The SMILES string of the molecule is Cl.NCCCNC(=O)c1nnn(-c2ccc(Br)cc2)c1C1CC1. The Morgan fingerprint density at radius 3 is 2.65 bits per heavy atom. The summed E-state index contributed by atoms with van der Waals surface area (Å²) in [6, 6.07) is 7.82. The zero-order chi connectivity index (χ0) is 15.5. The fourth-order valence-electron chi connectivity index (χ4n) is 2.33. The van der Waals surface area contributed by atoms with Crippen molar-refractivity contribution in [2.24, 2.45) is 5.73 Å². The van der Waals surface area contributed by atoms with Crippen LogP contribution in [-0.4, -0.2) is 34.0 Å². The minimum absolute atomic E-state index is 0. The Hall–Kier alpha value is -1.44. The number of carbonyl (C=O) groups is 1. The molecule has 0 bridgehead atoms. The van der Waals surface area contributed by atoms with Gasteiger partial charge < -0.3 is 11.1 Å². The maximum absolute atomic E-state index is 12.3. The van der Waals surface area contributed by atoms with Crippen LogP contribution in [0.5, 0.6) is 0 Å². The Morgan fingerprint density at radius 1 is 1.35 bits per heavy atom. The van der Waals surface area contributed by atoms with Gasteiger partial charge in [-0.1, -0.05) is 21.1 Å². The summed E-state index contributed by atoms with van der Waals surface area (Å²) in [6.07, 6.45) is 2.91. The Balaban J connectivity index is 0.00000192. The van der Waals surface area contributed by atoms with Crippen LogP contribution in [0.15, 0.2) is 28.7 Å². The fraction of sp³-hybridized carbons (Fsp3) is 0.400. The van der Waals surface area contributed by atoms with Crippen LogP contribution in [-0.2, 0) is 0 Å². The molecule has 0 saturated heterocycles. The number of halogens is 2. The Labute approximate surface area is 149 Å². The van der Waals surface area contributed by atoms with Gasteiger partial charge in [0.25, 0.3) is 5.91 Å².